The number of carbonyl (C=O) groups is 1. The fourth-order valence-electron chi connectivity index (χ4n) is 1.45. The summed E-state index contributed by atoms with van der Waals surface area (Å²) < 4.78 is 0. The van der Waals surface area contributed by atoms with Gasteiger partial charge in [-0.25, -0.2) is 4.98 Å². The number of rotatable bonds is 4. The number of non-ortho nitro benzene ring substituents is 1. The van der Waals surface area contributed by atoms with Gasteiger partial charge in [0.05, 0.1) is 10.6 Å². The lowest BCUT2D eigenvalue weighted by molar-refractivity contribution is -0.384. The summed E-state index contributed by atoms with van der Waals surface area (Å²) in [6.07, 6.45) is 0. The predicted molar refractivity (Wildman–Crippen MR) is 78.1 cm³/mol. The van der Waals surface area contributed by atoms with Crippen LogP contribution in [0.25, 0.3) is 11.3 Å². The van der Waals surface area contributed by atoms with E-state index < -0.39 is 10.3 Å². The van der Waals surface area contributed by atoms with Gasteiger partial charge in [0.1, 0.15) is 5.38 Å². The number of thiazole rings is 1. The van der Waals surface area contributed by atoms with Crippen LogP contribution in [-0.2, 0) is 4.79 Å². The number of nitrogens with one attached hydrogen (secondary N) is 1. The Labute approximate surface area is 123 Å². The Morgan fingerprint density at radius 3 is 2.95 bits per heavy atom. The van der Waals surface area contributed by atoms with E-state index in [1.807, 2.05) is 0 Å². The average molecular weight is 312 g/mol. The lowest BCUT2D eigenvalue weighted by atomic mass is 10.1. The first-order valence-corrected chi connectivity index (χ1v) is 6.94. The molecule has 0 spiro atoms. The van der Waals surface area contributed by atoms with Crippen LogP contribution in [0.15, 0.2) is 29.6 Å². The molecule has 0 bridgehead atoms. The number of anilines is 1. The molecule has 0 saturated heterocycles. The van der Waals surface area contributed by atoms with Gasteiger partial charge in [-0.15, -0.1) is 22.9 Å². The van der Waals surface area contributed by atoms with Crippen LogP contribution in [0, 0.1) is 10.1 Å². The monoisotopic (exact) mass is 311 g/mol. The van der Waals surface area contributed by atoms with Crippen LogP contribution in [0.4, 0.5) is 10.8 Å². The Balaban J connectivity index is 2.22. The van der Waals surface area contributed by atoms with E-state index in [4.69, 9.17) is 11.6 Å². The fourth-order valence-corrected chi connectivity index (χ4v) is 2.22. The lowest BCUT2D eigenvalue weighted by Gasteiger charge is -2.01. The van der Waals surface area contributed by atoms with Crippen LogP contribution in [-0.4, -0.2) is 21.2 Å². The number of halogens is 1. The minimum absolute atomic E-state index is 0.00420. The summed E-state index contributed by atoms with van der Waals surface area (Å²) in [6, 6.07) is 6.16. The van der Waals surface area contributed by atoms with Gasteiger partial charge in [0.2, 0.25) is 5.91 Å². The summed E-state index contributed by atoms with van der Waals surface area (Å²) in [5, 5.41) is 14.8. The van der Waals surface area contributed by atoms with Crippen molar-refractivity contribution in [3.63, 3.8) is 0 Å². The molecule has 0 radical (unpaired) electrons. The van der Waals surface area contributed by atoms with Gasteiger partial charge in [-0.1, -0.05) is 12.1 Å². The number of nitro groups is 1. The molecule has 0 unspecified atom stereocenters. The van der Waals surface area contributed by atoms with E-state index in [0.717, 1.165) is 0 Å². The molecule has 1 atom stereocenters. The second-order valence-electron chi connectivity index (χ2n) is 3.95. The minimum Gasteiger partial charge on any atom is -0.301 e. The summed E-state index contributed by atoms with van der Waals surface area (Å²) in [7, 11) is 0. The zero-order valence-electron chi connectivity index (χ0n) is 10.4. The molecule has 0 aliphatic rings. The van der Waals surface area contributed by atoms with Gasteiger partial charge in [-0.2, -0.15) is 0 Å². The van der Waals surface area contributed by atoms with Crippen LogP contribution in [0.1, 0.15) is 6.92 Å². The molecule has 2 rings (SSSR count). The van der Waals surface area contributed by atoms with E-state index in [0.29, 0.717) is 16.4 Å². The molecular weight excluding hydrogens is 302 g/mol. The number of hydrogen-bond acceptors (Lipinski definition) is 5. The normalized spacial score (nSPS) is 11.9. The van der Waals surface area contributed by atoms with Crippen LogP contribution in [0.2, 0.25) is 0 Å². The Hall–Kier alpha value is -1.99. The van der Waals surface area contributed by atoms with E-state index in [2.05, 4.69) is 10.3 Å². The van der Waals surface area contributed by atoms with Crippen molar-refractivity contribution in [1.82, 2.24) is 4.98 Å². The highest BCUT2D eigenvalue weighted by atomic mass is 35.5. The van der Waals surface area contributed by atoms with E-state index in [9.17, 15) is 14.9 Å². The number of nitrogens with zero attached hydrogens (tertiary/aromatic N) is 2. The molecule has 0 saturated carbocycles. The average Bonchev–Trinajstić information content (AvgIpc) is 2.87. The molecule has 0 aliphatic carbocycles. The SMILES string of the molecule is C[C@H](Cl)C(=O)Nc1nc(-c2cccc([N+](=O)[O-])c2)cs1. The number of carbonyl (C=O) groups excluding carboxylic acids is 1. The molecule has 1 heterocycles. The molecule has 8 heteroatoms. The standard InChI is InChI=1S/C12H10ClN3O3S/c1-7(13)11(17)15-12-14-10(6-20-12)8-3-2-4-9(5-8)16(18)19/h2-7H,1H3,(H,14,15,17)/t7-/m0/s1. The molecule has 1 N–H and O–H groups in total. The van der Waals surface area contributed by atoms with Crippen LogP contribution in [0.3, 0.4) is 0 Å². The van der Waals surface area contributed by atoms with Gasteiger partial charge in [0.25, 0.3) is 5.69 Å². The Kier molecular flexibility index (Phi) is 4.31. The van der Waals surface area contributed by atoms with Gasteiger partial charge < -0.3 is 5.32 Å². The number of amides is 1. The zero-order valence-corrected chi connectivity index (χ0v) is 11.9. The Morgan fingerprint density at radius 2 is 2.30 bits per heavy atom. The van der Waals surface area contributed by atoms with Gasteiger partial charge in [0.15, 0.2) is 5.13 Å². The molecule has 20 heavy (non-hydrogen) atoms. The third kappa shape index (κ3) is 3.31. The summed E-state index contributed by atoms with van der Waals surface area (Å²) in [5.41, 5.74) is 1.18. The number of benzene rings is 1. The summed E-state index contributed by atoms with van der Waals surface area (Å²) in [5.74, 6) is -0.341. The van der Waals surface area contributed by atoms with Crippen molar-refractivity contribution in [3.8, 4) is 11.3 Å². The van der Waals surface area contributed by atoms with Crippen LogP contribution >= 0.6 is 22.9 Å². The molecule has 1 amide bonds. The predicted octanol–water partition coefficient (Wildman–Crippen LogP) is 3.28. The summed E-state index contributed by atoms with van der Waals surface area (Å²) in [6.45, 7) is 1.56. The number of hydrogen-bond donors (Lipinski definition) is 1. The van der Waals surface area contributed by atoms with Crippen molar-refractivity contribution in [2.45, 2.75) is 12.3 Å². The van der Waals surface area contributed by atoms with Gasteiger partial charge >= 0.3 is 0 Å². The molecule has 2 aromatic rings. The molecule has 0 fully saturated rings. The van der Waals surface area contributed by atoms with E-state index in [-0.39, 0.29) is 11.6 Å². The van der Waals surface area contributed by atoms with Crippen molar-refractivity contribution in [2.24, 2.45) is 0 Å². The number of alkyl halides is 1. The van der Waals surface area contributed by atoms with E-state index in [1.54, 1.807) is 24.4 Å². The molecule has 104 valence electrons. The van der Waals surface area contributed by atoms with Crippen molar-refractivity contribution in [3.05, 3.63) is 39.8 Å². The first kappa shape index (κ1) is 14.4. The second kappa shape index (κ2) is 5.98. The first-order valence-electron chi connectivity index (χ1n) is 5.62. The lowest BCUT2D eigenvalue weighted by Crippen LogP contribution is -2.20. The second-order valence-corrected chi connectivity index (χ2v) is 5.46. The van der Waals surface area contributed by atoms with E-state index in [1.165, 1.54) is 23.5 Å². The van der Waals surface area contributed by atoms with Crippen molar-refractivity contribution < 1.29 is 9.72 Å². The van der Waals surface area contributed by atoms with Crippen LogP contribution in [0.5, 0.6) is 0 Å². The van der Waals surface area contributed by atoms with Gasteiger partial charge in [-0.3, -0.25) is 14.9 Å². The largest absolute Gasteiger partial charge is 0.301 e. The Bertz CT molecular complexity index is 657. The fraction of sp³-hybridized carbons (Fsp3) is 0.167. The van der Waals surface area contributed by atoms with Crippen molar-refractivity contribution in [1.29, 1.82) is 0 Å². The Morgan fingerprint density at radius 1 is 1.55 bits per heavy atom. The van der Waals surface area contributed by atoms with E-state index >= 15 is 0 Å². The molecule has 0 aliphatic heterocycles. The summed E-state index contributed by atoms with van der Waals surface area (Å²) in [4.78, 5) is 25.9. The molecule has 6 nitrogen and oxygen atoms in total. The number of nitro benzene ring substituents is 1. The quantitative estimate of drug-likeness (QED) is 0.533. The highest BCUT2D eigenvalue weighted by Gasteiger charge is 2.13. The maximum atomic E-state index is 11.4. The third-order valence-corrected chi connectivity index (χ3v) is 3.40. The van der Waals surface area contributed by atoms with Gasteiger partial charge in [-0.05, 0) is 6.92 Å². The molecule has 1 aromatic heterocycles. The number of aromatic nitrogens is 1. The third-order valence-electron chi connectivity index (χ3n) is 2.45. The molecule has 1 aromatic carbocycles. The molecular formula is C12H10ClN3O3S. The van der Waals surface area contributed by atoms with Crippen molar-refractivity contribution in [2.75, 3.05) is 5.32 Å². The minimum atomic E-state index is -0.653. The maximum absolute atomic E-state index is 11.4. The first-order chi connectivity index (χ1) is 9.47. The topological polar surface area (TPSA) is 85.1 Å². The maximum Gasteiger partial charge on any atom is 0.270 e. The summed E-state index contributed by atoms with van der Waals surface area (Å²) >= 11 is 6.88. The zero-order chi connectivity index (χ0) is 14.7. The smallest absolute Gasteiger partial charge is 0.270 e. The van der Waals surface area contributed by atoms with Crippen molar-refractivity contribution >= 4 is 39.7 Å². The van der Waals surface area contributed by atoms with Gasteiger partial charge in [0, 0.05) is 23.1 Å². The highest BCUT2D eigenvalue weighted by molar-refractivity contribution is 7.14. The van der Waals surface area contributed by atoms with Crippen LogP contribution < -0.4 is 5.32 Å². The highest BCUT2D eigenvalue weighted by Crippen LogP contribution is 2.27.